The number of hydrogen-bond donors (Lipinski definition) is 0. The zero-order chi connectivity index (χ0) is 17.1. The molecule has 2 aliphatic rings. The Hall–Kier alpha value is -2.50. The highest BCUT2D eigenvalue weighted by atomic mass is 16.2. The predicted octanol–water partition coefficient (Wildman–Crippen LogP) is 2.45. The smallest absolute Gasteiger partial charge is 0.227 e. The molecule has 2 aliphatic heterocycles. The molecule has 0 spiro atoms. The highest BCUT2D eigenvalue weighted by Gasteiger charge is 2.36. The van der Waals surface area contributed by atoms with E-state index >= 15 is 0 Å². The molecule has 0 aliphatic carbocycles. The van der Waals surface area contributed by atoms with Crippen molar-refractivity contribution in [1.29, 1.82) is 0 Å². The van der Waals surface area contributed by atoms with Gasteiger partial charge in [-0.05, 0) is 43.4 Å². The average Bonchev–Trinajstić information content (AvgIpc) is 3.19. The summed E-state index contributed by atoms with van der Waals surface area (Å²) in [6, 6.07) is 4.26. The Morgan fingerprint density at radius 3 is 2.64 bits per heavy atom. The minimum Gasteiger partial charge on any atom is -0.355 e. The number of piperidine rings is 1. The summed E-state index contributed by atoms with van der Waals surface area (Å²) in [5.41, 5.74) is 1.20. The maximum atomic E-state index is 13.2. The third kappa shape index (κ3) is 3.34. The normalized spacial score (nSPS) is 23.7. The Bertz CT molecular complexity index is 708. The molecule has 0 bridgehead atoms. The first-order valence-corrected chi connectivity index (χ1v) is 9.04. The predicted molar refractivity (Wildman–Crippen MR) is 94.9 cm³/mol. The molecule has 2 aromatic rings. The minimum absolute atomic E-state index is 0.0400. The summed E-state index contributed by atoms with van der Waals surface area (Å²) in [5, 5.41) is 0. The topological polar surface area (TPSA) is 62.2 Å². The maximum absolute atomic E-state index is 13.2. The number of likely N-dealkylation sites (tertiary alicyclic amines) is 1. The molecule has 0 radical (unpaired) electrons. The molecule has 25 heavy (non-hydrogen) atoms. The summed E-state index contributed by atoms with van der Waals surface area (Å²) >= 11 is 0. The van der Waals surface area contributed by atoms with Crippen molar-refractivity contribution in [3.63, 3.8) is 0 Å². The van der Waals surface area contributed by atoms with Gasteiger partial charge in [0, 0.05) is 44.4 Å². The molecular weight excluding hydrogens is 314 g/mol. The summed E-state index contributed by atoms with van der Waals surface area (Å²) in [4.78, 5) is 30.1. The van der Waals surface area contributed by atoms with Gasteiger partial charge in [-0.3, -0.25) is 14.8 Å². The molecule has 0 aromatic carbocycles. The summed E-state index contributed by atoms with van der Waals surface area (Å²) in [6.07, 6.45) is 12.9. The molecule has 6 nitrogen and oxygen atoms in total. The van der Waals surface area contributed by atoms with Gasteiger partial charge >= 0.3 is 0 Å². The van der Waals surface area contributed by atoms with Crippen LogP contribution < -0.4 is 4.90 Å². The van der Waals surface area contributed by atoms with Crippen LogP contribution in [0, 0.1) is 5.92 Å². The first kappa shape index (κ1) is 16.0. The quantitative estimate of drug-likeness (QED) is 0.861. The second kappa shape index (κ2) is 7.17. The van der Waals surface area contributed by atoms with Crippen molar-refractivity contribution in [3.05, 3.63) is 48.7 Å². The zero-order valence-corrected chi connectivity index (χ0v) is 14.3. The SMILES string of the molecule is O=C([C@@H]1CCCN(c2cnccn2)C1)N1CCC[C@H]1c1ccncc1. The second-order valence-corrected chi connectivity index (χ2v) is 6.82. The molecule has 4 rings (SSSR count). The molecule has 6 heteroatoms. The van der Waals surface area contributed by atoms with E-state index in [0.29, 0.717) is 0 Å². The Morgan fingerprint density at radius 1 is 1.00 bits per heavy atom. The third-order valence-corrected chi connectivity index (χ3v) is 5.27. The number of aromatic nitrogens is 3. The number of hydrogen-bond acceptors (Lipinski definition) is 5. The molecule has 130 valence electrons. The van der Waals surface area contributed by atoms with E-state index in [1.165, 1.54) is 5.56 Å². The van der Waals surface area contributed by atoms with Crippen LogP contribution in [-0.2, 0) is 4.79 Å². The van der Waals surface area contributed by atoms with Crippen molar-refractivity contribution >= 4 is 11.7 Å². The van der Waals surface area contributed by atoms with Crippen LogP contribution >= 0.6 is 0 Å². The van der Waals surface area contributed by atoms with Gasteiger partial charge in [-0.15, -0.1) is 0 Å². The lowest BCUT2D eigenvalue weighted by Crippen LogP contribution is -2.45. The lowest BCUT2D eigenvalue weighted by atomic mass is 9.95. The Morgan fingerprint density at radius 2 is 1.84 bits per heavy atom. The molecule has 2 saturated heterocycles. The van der Waals surface area contributed by atoms with Gasteiger partial charge in [-0.2, -0.15) is 0 Å². The second-order valence-electron chi connectivity index (χ2n) is 6.82. The zero-order valence-electron chi connectivity index (χ0n) is 14.3. The monoisotopic (exact) mass is 337 g/mol. The van der Waals surface area contributed by atoms with Gasteiger partial charge in [-0.1, -0.05) is 0 Å². The van der Waals surface area contributed by atoms with E-state index < -0.39 is 0 Å². The summed E-state index contributed by atoms with van der Waals surface area (Å²) in [7, 11) is 0. The Balaban J connectivity index is 1.48. The van der Waals surface area contributed by atoms with Gasteiger partial charge in [0.2, 0.25) is 5.91 Å². The molecular formula is C19H23N5O. The largest absolute Gasteiger partial charge is 0.355 e. The molecule has 2 aromatic heterocycles. The molecule has 0 saturated carbocycles. The number of carbonyl (C=O) groups excluding carboxylic acids is 1. The minimum atomic E-state index is 0.0400. The first-order valence-electron chi connectivity index (χ1n) is 9.04. The average molecular weight is 337 g/mol. The molecule has 0 N–H and O–H groups in total. The van der Waals surface area contributed by atoms with Gasteiger partial charge in [0.1, 0.15) is 5.82 Å². The molecule has 4 heterocycles. The maximum Gasteiger partial charge on any atom is 0.227 e. The highest BCUT2D eigenvalue weighted by Crippen LogP contribution is 2.34. The number of rotatable bonds is 3. The number of amides is 1. The molecule has 2 fully saturated rings. The fourth-order valence-electron chi connectivity index (χ4n) is 4.04. The van der Waals surface area contributed by atoms with Crippen molar-refractivity contribution in [2.45, 2.75) is 31.7 Å². The van der Waals surface area contributed by atoms with E-state index in [0.717, 1.165) is 51.1 Å². The Kier molecular flexibility index (Phi) is 4.59. The van der Waals surface area contributed by atoms with Gasteiger partial charge in [0.25, 0.3) is 0 Å². The number of nitrogens with zero attached hydrogens (tertiary/aromatic N) is 5. The van der Waals surface area contributed by atoms with Gasteiger partial charge < -0.3 is 9.80 Å². The summed E-state index contributed by atoms with van der Waals surface area (Å²) < 4.78 is 0. The lowest BCUT2D eigenvalue weighted by Gasteiger charge is -2.36. The molecule has 0 unspecified atom stereocenters. The molecule has 2 atom stereocenters. The number of anilines is 1. The third-order valence-electron chi connectivity index (χ3n) is 5.27. The van der Waals surface area contributed by atoms with Crippen LogP contribution in [0.2, 0.25) is 0 Å². The standard InChI is InChI=1S/C19H23N5O/c25-19(24-12-2-4-17(24)15-5-7-20-8-6-15)16-3-1-11-23(14-16)18-13-21-9-10-22-18/h5-10,13,16-17H,1-4,11-12,14H2/t16-,17+/m1/s1. The van der Waals surface area contributed by atoms with Crippen molar-refractivity contribution in [3.8, 4) is 0 Å². The van der Waals surface area contributed by atoms with Crippen molar-refractivity contribution in [2.75, 3.05) is 24.5 Å². The van der Waals surface area contributed by atoms with Gasteiger partial charge in [0.05, 0.1) is 18.2 Å². The number of carbonyl (C=O) groups is 1. The van der Waals surface area contributed by atoms with Crippen LogP contribution in [0.4, 0.5) is 5.82 Å². The van der Waals surface area contributed by atoms with Crippen molar-refractivity contribution in [2.24, 2.45) is 5.92 Å². The van der Waals surface area contributed by atoms with Crippen LogP contribution in [0.3, 0.4) is 0 Å². The van der Waals surface area contributed by atoms with Crippen LogP contribution in [0.1, 0.15) is 37.3 Å². The molecule has 1 amide bonds. The van der Waals surface area contributed by atoms with Gasteiger partial charge in [-0.25, -0.2) is 4.98 Å². The van der Waals surface area contributed by atoms with E-state index in [9.17, 15) is 4.79 Å². The van der Waals surface area contributed by atoms with Crippen LogP contribution in [0.15, 0.2) is 43.1 Å². The van der Waals surface area contributed by atoms with Crippen LogP contribution in [0.5, 0.6) is 0 Å². The van der Waals surface area contributed by atoms with E-state index in [-0.39, 0.29) is 17.9 Å². The van der Waals surface area contributed by atoms with E-state index in [4.69, 9.17) is 0 Å². The first-order chi connectivity index (χ1) is 12.3. The van der Waals surface area contributed by atoms with E-state index in [2.05, 4.69) is 24.8 Å². The summed E-state index contributed by atoms with van der Waals surface area (Å²) in [5.74, 6) is 1.19. The fourth-order valence-corrected chi connectivity index (χ4v) is 4.04. The van der Waals surface area contributed by atoms with Gasteiger partial charge in [0.15, 0.2) is 0 Å². The van der Waals surface area contributed by atoms with Crippen LogP contribution in [0.25, 0.3) is 0 Å². The fraction of sp³-hybridized carbons (Fsp3) is 0.474. The van der Waals surface area contributed by atoms with Crippen LogP contribution in [-0.4, -0.2) is 45.4 Å². The van der Waals surface area contributed by atoms with Crippen molar-refractivity contribution < 1.29 is 4.79 Å². The number of pyridine rings is 1. The lowest BCUT2D eigenvalue weighted by molar-refractivity contribution is -0.136. The van der Waals surface area contributed by atoms with E-state index in [1.54, 1.807) is 18.6 Å². The van der Waals surface area contributed by atoms with Crippen molar-refractivity contribution in [1.82, 2.24) is 19.9 Å². The summed E-state index contributed by atoms with van der Waals surface area (Å²) in [6.45, 7) is 2.53. The Labute approximate surface area is 147 Å². The van der Waals surface area contributed by atoms with E-state index in [1.807, 2.05) is 24.5 Å². The highest BCUT2D eigenvalue weighted by molar-refractivity contribution is 5.80.